The molecule has 0 bridgehead atoms. The van der Waals surface area contributed by atoms with Crippen LogP contribution in [0.5, 0.6) is 0 Å². The van der Waals surface area contributed by atoms with Crippen LogP contribution in [0.3, 0.4) is 0 Å². The minimum absolute atomic E-state index is 0.116. The normalized spacial score (nSPS) is 26.2. The highest BCUT2D eigenvalue weighted by Gasteiger charge is 2.44. The summed E-state index contributed by atoms with van der Waals surface area (Å²) in [6, 6.07) is 0. The van der Waals surface area contributed by atoms with E-state index in [9.17, 15) is 24.9 Å². The zero-order valence-corrected chi connectivity index (χ0v) is 12.7. The smallest absolute Gasteiger partial charge is 0.254 e. The fourth-order valence-corrected chi connectivity index (χ4v) is 2.76. The van der Waals surface area contributed by atoms with Gasteiger partial charge >= 0.3 is 0 Å². The van der Waals surface area contributed by atoms with Crippen molar-refractivity contribution in [2.45, 2.75) is 24.5 Å². The molecule has 3 heterocycles. The van der Waals surface area contributed by atoms with Gasteiger partial charge in [-0.25, -0.2) is 0 Å². The molecule has 2 aromatic heterocycles. The van der Waals surface area contributed by atoms with Gasteiger partial charge in [0.25, 0.3) is 5.91 Å². The van der Waals surface area contributed by atoms with Gasteiger partial charge in [-0.15, -0.1) is 0 Å². The Morgan fingerprint density at radius 2 is 1.96 bits per heavy atom. The highest BCUT2D eigenvalue weighted by atomic mass is 16.6. The summed E-state index contributed by atoms with van der Waals surface area (Å²) in [6.45, 7) is -0.561. The number of anilines is 2. The third-order valence-electron chi connectivity index (χ3n) is 3.98. The van der Waals surface area contributed by atoms with Crippen LogP contribution < -0.4 is 22.6 Å². The number of primary amides is 1. The van der Waals surface area contributed by atoms with Crippen LogP contribution in [-0.2, 0) is 4.74 Å². The molecule has 1 aliphatic rings. The van der Waals surface area contributed by atoms with E-state index in [2.05, 4.69) is 9.97 Å². The number of pyridine rings is 1. The van der Waals surface area contributed by atoms with Crippen molar-refractivity contribution in [2.75, 3.05) is 18.1 Å². The predicted octanol–water partition coefficient (Wildman–Crippen LogP) is -3.33. The number of nitrogens with zero attached hydrogens (tertiary/aromatic N) is 3. The van der Waals surface area contributed by atoms with Crippen LogP contribution in [0.15, 0.2) is 11.0 Å². The molecule has 1 aliphatic heterocycles. The van der Waals surface area contributed by atoms with E-state index < -0.39 is 48.0 Å². The molecule has 25 heavy (non-hydrogen) atoms. The SMILES string of the molecule is NC(=O)c1cn(C2OC(CO)C(O)C2O)c2nc(N)nc(N)c2c1=O. The lowest BCUT2D eigenvalue weighted by Gasteiger charge is -2.21. The zero-order valence-electron chi connectivity index (χ0n) is 12.7. The van der Waals surface area contributed by atoms with Gasteiger partial charge < -0.3 is 41.8 Å². The Morgan fingerprint density at radius 1 is 1.28 bits per heavy atom. The maximum atomic E-state index is 12.4. The van der Waals surface area contributed by atoms with E-state index in [4.69, 9.17) is 21.9 Å². The largest absolute Gasteiger partial charge is 0.394 e. The Morgan fingerprint density at radius 3 is 2.52 bits per heavy atom. The highest BCUT2D eigenvalue weighted by Crippen LogP contribution is 2.31. The monoisotopic (exact) mass is 352 g/mol. The molecule has 0 spiro atoms. The van der Waals surface area contributed by atoms with Crippen molar-refractivity contribution in [1.82, 2.24) is 14.5 Å². The Kier molecular flexibility index (Phi) is 4.04. The number of fused-ring (bicyclic) bond motifs is 1. The molecule has 1 fully saturated rings. The molecule has 134 valence electrons. The van der Waals surface area contributed by atoms with Crippen molar-refractivity contribution in [2.24, 2.45) is 5.73 Å². The zero-order chi connectivity index (χ0) is 18.5. The molecule has 3 rings (SSSR count). The maximum Gasteiger partial charge on any atom is 0.254 e. The van der Waals surface area contributed by atoms with Gasteiger partial charge in [0, 0.05) is 6.20 Å². The molecule has 4 unspecified atom stereocenters. The van der Waals surface area contributed by atoms with Gasteiger partial charge in [0.05, 0.1) is 6.61 Å². The number of aliphatic hydroxyl groups excluding tert-OH is 3. The number of ether oxygens (including phenoxy) is 1. The number of carbonyl (C=O) groups is 1. The number of rotatable bonds is 3. The summed E-state index contributed by atoms with van der Waals surface area (Å²) < 4.78 is 6.51. The van der Waals surface area contributed by atoms with Crippen LogP contribution in [0, 0.1) is 0 Å². The minimum atomic E-state index is -1.49. The lowest BCUT2D eigenvalue weighted by atomic mass is 10.1. The first-order chi connectivity index (χ1) is 11.8. The van der Waals surface area contributed by atoms with E-state index in [1.165, 1.54) is 0 Å². The fourth-order valence-electron chi connectivity index (χ4n) is 2.76. The lowest BCUT2D eigenvalue weighted by molar-refractivity contribution is -0.0511. The van der Waals surface area contributed by atoms with Gasteiger partial charge in [-0.3, -0.25) is 9.59 Å². The second-order valence-electron chi connectivity index (χ2n) is 5.54. The summed E-state index contributed by atoms with van der Waals surface area (Å²) in [7, 11) is 0. The Hall–Kier alpha value is -2.80. The predicted molar refractivity (Wildman–Crippen MR) is 84.2 cm³/mol. The number of hydrogen-bond acceptors (Lipinski definition) is 10. The number of nitrogens with two attached hydrogens (primary N) is 3. The Balaban J connectivity index is 2.33. The number of aromatic nitrogens is 3. The summed E-state index contributed by atoms with van der Waals surface area (Å²) in [5.74, 6) is -1.57. The molecule has 0 saturated carbocycles. The van der Waals surface area contributed by atoms with Gasteiger partial charge in [0.1, 0.15) is 35.1 Å². The van der Waals surface area contributed by atoms with Crippen molar-refractivity contribution >= 4 is 28.7 Å². The fraction of sp³-hybridized carbons (Fsp3) is 0.385. The van der Waals surface area contributed by atoms with Gasteiger partial charge in [0.15, 0.2) is 11.9 Å². The van der Waals surface area contributed by atoms with Crippen LogP contribution in [0.2, 0.25) is 0 Å². The van der Waals surface area contributed by atoms with Gasteiger partial charge in [-0.05, 0) is 0 Å². The molecule has 4 atom stereocenters. The van der Waals surface area contributed by atoms with Crippen molar-refractivity contribution in [3.8, 4) is 0 Å². The molecule has 1 amide bonds. The number of amides is 1. The van der Waals surface area contributed by atoms with E-state index in [1.54, 1.807) is 0 Å². The molecule has 0 aliphatic carbocycles. The molecular formula is C13H16N6O6. The van der Waals surface area contributed by atoms with Crippen LogP contribution in [0.25, 0.3) is 11.0 Å². The Bertz CT molecular complexity index is 914. The summed E-state index contributed by atoms with van der Waals surface area (Å²) >= 11 is 0. The molecule has 9 N–H and O–H groups in total. The standard InChI is InChI=1S/C13H16N6O6/c14-9-5-6(21)3(10(15)24)1-19(11(5)18-13(16)17-9)12-8(23)7(22)4(2-20)25-12/h1,4,7-8,12,20,22-23H,2H2,(H2,15,24)(H4,14,16,17,18). The van der Waals surface area contributed by atoms with E-state index in [1.807, 2.05) is 0 Å². The number of nitrogen functional groups attached to an aromatic ring is 2. The molecule has 1 saturated heterocycles. The Labute approximate surface area is 139 Å². The van der Waals surface area contributed by atoms with E-state index in [0.717, 1.165) is 10.8 Å². The first kappa shape index (κ1) is 17.0. The van der Waals surface area contributed by atoms with Crippen molar-refractivity contribution in [1.29, 1.82) is 0 Å². The summed E-state index contributed by atoms with van der Waals surface area (Å²) in [5.41, 5.74) is 15.1. The maximum absolute atomic E-state index is 12.4. The average Bonchev–Trinajstić information content (AvgIpc) is 2.82. The second kappa shape index (κ2) is 5.93. The first-order valence-electron chi connectivity index (χ1n) is 7.16. The molecular weight excluding hydrogens is 336 g/mol. The number of hydrogen-bond donors (Lipinski definition) is 6. The topological polar surface area (TPSA) is 213 Å². The molecule has 12 nitrogen and oxygen atoms in total. The number of aliphatic hydroxyl groups is 3. The van der Waals surface area contributed by atoms with Crippen LogP contribution in [-0.4, -0.2) is 60.7 Å². The lowest BCUT2D eigenvalue weighted by Crippen LogP contribution is -2.34. The first-order valence-corrected chi connectivity index (χ1v) is 7.16. The highest BCUT2D eigenvalue weighted by molar-refractivity contribution is 5.98. The van der Waals surface area contributed by atoms with Crippen molar-refractivity contribution in [3.05, 3.63) is 22.0 Å². The van der Waals surface area contributed by atoms with Crippen molar-refractivity contribution in [3.63, 3.8) is 0 Å². The minimum Gasteiger partial charge on any atom is -0.394 e. The summed E-state index contributed by atoms with van der Waals surface area (Å²) in [5, 5.41) is 29.1. The summed E-state index contributed by atoms with van der Waals surface area (Å²) in [4.78, 5) is 31.6. The molecule has 0 radical (unpaired) electrons. The third kappa shape index (κ3) is 2.56. The van der Waals surface area contributed by atoms with E-state index in [0.29, 0.717) is 0 Å². The third-order valence-corrected chi connectivity index (χ3v) is 3.98. The van der Waals surface area contributed by atoms with Gasteiger partial charge in [-0.2, -0.15) is 9.97 Å². The van der Waals surface area contributed by atoms with Crippen molar-refractivity contribution < 1.29 is 24.9 Å². The molecule has 12 heteroatoms. The van der Waals surface area contributed by atoms with Gasteiger partial charge in [-0.1, -0.05) is 0 Å². The van der Waals surface area contributed by atoms with Gasteiger partial charge in [0.2, 0.25) is 11.4 Å². The van der Waals surface area contributed by atoms with E-state index in [-0.39, 0.29) is 22.8 Å². The second-order valence-corrected chi connectivity index (χ2v) is 5.54. The van der Waals surface area contributed by atoms with Crippen LogP contribution in [0.4, 0.5) is 11.8 Å². The van der Waals surface area contributed by atoms with Crippen LogP contribution >= 0.6 is 0 Å². The van der Waals surface area contributed by atoms with E-state index >= 15 is 0 Å². The number of carbonyl (C=O) groups excluding carboxylic acids is 1. The molecule has 2 aromatic rings. The summed E-state index contributed by atoms with van der Waals surface area (Å²) in [6.07, 6.45) is -4.22. The van der Waals surface area contributed by atoms with Crippen LogP contribution in [0.1, 0.15) is 16.6 Å². The quantitative estimate of drug-likeness (QED) is 0.323. The average molecular weight is 352 g/mol. The molecule has 0 aromatic carbocycles.